The van der Waals surface area contributed by atoms with Gasteiger partial charge in [0.1, 0.15) is 5.82 Å². The second-order valence-electron chi connectivity index (χ2n) is 4.35. The van der Waals surface area contributed by atoms with Crippen molar-refractivity contribution in [3.05, 3.63) is 53.2 Å². The second-order valence-corrected chi connectivity index (χ2v) is 4.35. The van der Waals surface area contributed by atoms with Crippen LogP contribution in [0.3, 0.4) is 0 Å². The summed E-state index contributed by atoms with van der Waals surface area (Å²) in [6.45, 7) is 0.956. The summed E-state index contributed by atoms with van der Waals surface area (Å²) < 4.78 is 57.1. The minimum absolute atomic E-state index is 0.0494. The molecule has 0 aliphatic heterocycles. The molecule has 1 aromatic heterocycles. The van der Waals surface area contributed by atoms with E-state index in [1.54, 1.807) is 13.0 Å². The summed E-state index contributed by atoms with van der Waals surface area (Å²) in [5.74, 6) is -8.53. The lowest BCUT2D eigenvalue weighted by molar-refractivity contribution is -0.118. The Balaban J connectivity index is 2.04. The summed E-state index contributed by atoms with van der Waals surface area (Å²) in [6, 6.07) is 3.24. The minimum Gasteiger partial charge on any atom is -0.477 e. The van der Waals surface area contributed by atoms with Crippen molar-refractivity contribution in [3.8, 4) is 5.75 Å². The molecule has 0 saturated heterocycles. The van der Waals surface area contributed by atoms with Gasteiger partial charge in [0.05, 0.1) is 0 Å². The fourth-order valence-corrected chi connectivity index (χ4v) is 1.54. The van der Waals surface area contributed by atoms with E-state index in [2.05, 4.69) is 15.0 Å². The van der Waals surface area contributed by atoms with Crippen LogP contribution in [0.15, 0.2) is 24.4 Å². The number of carbonyl (C=O) groups is 1. The van der Waals surface area contributed by atoms with Crippen LogP contribution in [0.2, 0.25) is 0 Å². The number of carbonyl (C=O) groups excluding carboxylic acids is 1. The van der Waals surface area contributed by atoms with E-state index >= 15 is 0 Å². The molecule has 0 saturated carbocycles. The monoisotopic (exact) mass is 314 g/mol. The third-order valence-electron chi connectivity index (χ3n) is 2.60. The largest absolute Gasteiger partial charge is 0.477 e. The summed E-state index contributed by atoms with van der Waals surface area (Å²) in [4.78, 5) is 15.4. The molecule has 0 atom stereocenters. The van der Waals surface area contributed by atoms with Crippen molar-refractivity contribution in [3.63, 3.8) is 0 Å². The zero-order valence-corrected chi connectivity index (χ0v) is 11.3. The molecule has 116 valence electrons. The molecule has 8 heteroatoms. The zero-order valence-electron chi connectivity index (χ0n) is 11.3. The van der Waals surface area contributed by atoms with Gasteiger partial charge in [-0.05, 0) is 18.6 Å². The number of ether oxygens (including phenoxy) is 1. The number of aryl methyl sites for hydroxylation is 1. The maximum atomic E-state index is 13.3. The van der Waals surface area contributed by atoms with Gasteiger partial charge < -0.3 is 10.1 Å². The minimum atomic E-state index is -1.71. The fraction of sp³-hybridized carbons (Fsp3) is 0.143. The number of hydrogen-bond acceptors (Lipinski definition) is 3. The fourth-order valence-electron chi connectivity index (χ4n) is 1.54. The summed E-state index contributed by atoms with van der Waals surface area (Å²) in [5.41, 5.74) is 0.869. The van der Waals surface area contributed by atoms with Gasteiger partial charge in [0.2, 0.25) is 11.6 Å². The third-order valence-corrected chi connectivity index (χ3v) is 2.60. The Morgan fingerprint density at radius 2 is 1.82 bits per heavy atom. The van der Waals surface area contributed by atoms with Gasteiger partial charge in [0.25, 0.3) is 5.91 Å². The summed E-state index contributed by atoms with van der Waals surface area (Å²) in [6.07, 6.45) is 1.50. The Bertz CT molecular complexity index is 679. The quantitative estimate of drug-likeness (QED) is 0.697. The molecule has 0 aliphatic carbocycles. The summed E-state index contributed by atoms with van der Waals surface area (Å²) in [7, 11) is 0. The van der Waals surface area contributed by atoms with E-state index in [4.69, 9.17) is 0 Å². The average molecular weight is 314 g/mol. The number of rotatable bonds is 4. The number of halogens is 4. The maximum absolute atomic E-state index is 13.3. The number of amides is 1. The smallest absolute Gasteiger partial charge is 0.263 e. The molecule has 4 nitrogen and oxygen atoms in total. The van der Waals surface area contributed by atoms with E-state index in [0.717, 1.165) is 5.56 Å². The van der Waals surface area contributed by atoms with Crippen molar-refractivity contribution in [1.29, 1.82) is 0 Å². The van der Waals surface area contributed by atoms with Crippen LogP contribution in [0, 0.1) is 30.2 Å². The van der Waals surface area contributed by atoms with Crippen molar-refractivity contribution in [2.45, 2.75) is 6.92 Å². The van der Waals surface area contributed by atoms with Crippen molar-refractivity contribution >= 4 is 11.7 Å². The second kappa shape index (κ2) is 6.42. The van der Waals surface area contributed by atoms with Gasteiger partial charge in [0.15, 0.2) is 24.0 Å². The normalized spacial score (nSPS) is 10.4. The van der Waals surface area contributed by atoms with Gasteiger partial charge in [-0.15, -0.1) is 0 Å². The lowest BCUT2D eigenvalue weighted by Crippen LogP contribution is -2.21. The third kappa shape index (κ3) is 3.51. The van der Waals surface area contributed by atoms with Crippen LogP contribution in [0.5, 0.6) is 5.75 Å². The van der Waals surface area contributed by atoms with Crippen LogP contribution in [0.1, 0.15) is 5.56 Å². The molecule has 22 heavy (non-hydrogen) atoms. The predicted octanol–water partition coefficient (Wildman–Crippen LogP) is 2.96. The molecule has 0 bridgehead atoms. The Kier molecular flexibility index (Phi) is 4.59. The number of aromatic nitrogens is 1. The summed E-state index contributed by atoms with van der Waals surface area (Å²) >= 11 is 0. The van der Waals surface area contributed by atoms with E-state index in [0.29, 0.717) is 0 Å². The highest BCUT2D eigenvalue weighted by atomic mass is 19.2. The topological polar surface area (TPSA) is 51.2 Å². The van der Waals surface area contributed by atoms with Crippen LogP contribution in [-0.4, -0.2) is 17.5 Å². The number of pyridine rings is 1. The van der Waals surface area contributed by atoms with Crippen molar-refractivity contribution in [1.82, 2.24) is 4.98 Å². The zero-order chi connectivity index (χ0) is 16.3. The van der Waals surface area contributed by atoms with Crippen LogP contribution in [0.25, 0.3) is 0 Å². The van der Waals surface area contributed by atoms with E-state index in [1.165, 1.54) is 12.3 Å². The molecule has 0 unspecified atom stereocenters. The summed E-state index contributed by atoms with van der Waals surface area (Å²) in [5, 5.41) is 2.30. The van der Waals surface area contributed by atoms with Gasteiger partial charge in [-0.3, -0.25) is 4.79 Å². The number of anilines is 1. The van der Waals surface area contributed by atoms with Gasteiger partial charge in [-0.1, -0.05) is 6.07 Å². The number of hydrogen-bond donors (Lipinski definition) is 1. The first-order valence-corrected chi connectivity index (χ1v) is 6.06. The van der Waals surface area contributed by atoms with Gasteiger partial charge in [-0.25, -0.2) is 13.8 Å². The van der Waals surface area contributed by atoms with Crippen molar-refractivity contribution < 1.29 is 27.1 Å². The highest BCUT2D eigenvalue weighted by Crippen LogP contribution is 2.26. The molecular formula is C14H10F4N2O2. The average Bonchev–Trinajstić information content (AvgIpc) is 2.47. The van der Waals surface area contributed by atoms with E-state index in [-0.39, 0.29) is 11.9 Å². The first kappa shape index (κ1) is 15.7. The van der Waals surface area contributed by atoms with Gasteiger partial charge in [0, 0.05) is 12.3 Å². The predicted molar refractivity (Wildman–Crippen MR) is 69.4 cm³/mol. The lowest BCUT2D eigenvalue weighted by atomic mass is 10.3. The molecule has 1 amide bonds. The number of nitrogens with one attached hydrogen (secondary N) is 1. The molecule has 1 N–H and O–H groups in total. The van der Waals surface area contributed by atoms with E-state index in [9.17, 15) is 22.4 Å². The number of nitrogens with zero attached hydrogens (tertiary/aromatic N) is 1. The van der Waals surface area contributed by atoms with Crippen LogP contribution in [-0.2, 0) is 4.79 Å². The molecule has 1 heterocycles. The molecule has 2 aromatic rings. The van der Waals surface area contributed by atoms with Crippen LogP contribution >= 0.6 is 0 Å². The Labute approximate surface area is 122 Å². The van der Waals surface area contributed by atoms with Gasteiger partial charge >= 0.3 is 0 Å². The lowest BCUT2D eigenvalue weighted by Gasteiger charge is -2.09. The molecular weight excluding hydrogens is 304 g/mol. The first-order valence-electron chi connectivity index (χ1n) is 6.06. The molecule has 0 radical (unpaired) electrons. The highest BCUT2D eigenvalue weighted by molar-refractivity contribution is 5.90. The first-order chi connectivity index (χ1) is 10.4. The van der Waals surface area contributed by atoms with Crippen LogP contribution < -0.4 is 10.1 Å². The van der Waals surface area contributed by atoms with Crippen LogP contribution in [0.4, 0.5) is 23.4 Å². The van der Waals surface area contributed by atoms with Crippen molar-refractivity contribution in [2.75, 3.05) is 11.9 Å². The number of benzene rings is 1. The Morgan fingerprint density at radius 1 is 1.18 bits per heavy atom. The highest BCUT2D eigenvalue weighted by Gasteiger charge is 2.21. The van der Waals surface area contributed by atoms with E-state index in [1.807, 2.05) is 0 Å². The van der Waals surface area contributed by atoms with E-state index < -0.39 is 41.5 Å². The molecule has 0 fully saturated rings. The van der Waals surface area contributed by atoms with Gasteiger partial charge in [-0.2, -0.15) is 8.78 Å². The Morgan fingerprint density at radius 3 is 2.36 bits per heavy atom. The SMILES string of the molecule is Cc1ccc(NC(=O)COc2c(F)c(F)cc(F)c2F)nc1. The maximum Gasteiger partial charge on any atom is 0.263 e. The molecule has 0 aliphatic rings. The standard InChI is InChI=1S/C14H10F4N2O2/c1-7-2-3-10(19-5-7)20-11(21)6-22-14-12(17)8(15)4-9(16)13(14)18/h2-5H,6H2,1H3,(H,19,20,21). The van der Waals surface area contributed by atoms with Crippen molar-refractivity contribution in [2.24, 2.45) is 0 Å². The molecule has 2 rings (SSSR count). The molecule has 1 aromatic carbocycles. The molecule has 0 spiro atoms. The Hall–Kier alpha value is -2.64.